The minimum atomic E-state index is -0.926. The number of allylic oxidation sites excluding steroid dienone is 1. The molecule has 1 aliphatic carbocycles. The minimum Gasteiger partial charge on any atom is -0.481 e. The highest BCUT2D eigenvalue weighted by atomic mass is 16.5. The number of carboxylic acids is 1. The molecule has 0 spiro atoms. The molecule has 0 aliphatic heterocycles. The predicted molar refractivity (Wildman–Crippen MR) is 81.9 cm³/mol. The van der Waals surface area contributed by atoms with Crippen molar-refractivity contribution in [3.8, 4) is 0 Å². The Morgan fingerprint density at radius 2 is 1.86 bits per heavy atom. The van der Waals surface area contributed by atoms with Gasteiger partial charge in [-0.15, -0.1) is 0 Å². The van der Waals surface area contributed by atoms with E-state index >= 15 is 0 Å². The van der Waals surface area contributed by atoms with E-state index in [4.69, 9.17) is 4.74 Å². The Kier molecular flexibility index (Phi) is 8.09. The molecule has 4 heteroatoms. The second-order valence-corrected chi connectivity index (χ2v) is 5.97. The summed E-state index contributed by atoms with van der Waals surface area (Å²) in [5, 5.41) is 9.19. The molecule has 21 heavy (non-hydrogen) atoms. The molecule has 0 radical (unpaired) electrons. The zero-order valence-corrected chi connectivity index (χ0v) is 13.3. The summed E-state index contributed by atoms with van der Waals surface area (Å²) in [6.07, 6.45) is 9.90. The summed E-state index contributed by atoms with van der Waals surface area (Å²) in [5.41, 5.74) is 0.340. The summed E-state index contributed by atoms with van der Waals surface area (Å²) >= 11 is 0. The molecule has 0 saturated heterocycles. The monoisotopic (exact) mass is 296 g/mol. The van der Waals surface area contributed by atoms with Crippen LogP contribution in [0.2, 0.25) is 0 Å². The van der Waals surface area contributed by atoms with Crippen LogP contribution in [0.5, 0.6) is 0 Å². The fourth-order valence-corrected chi connectivity index (χ4v) is 2.69. The SMILES string of the molecule is CCCCCCCCOC(=O)C1=CC(C)CCC1C(=O)O. The van der Waals surface area contributed by atoms with Crippen LogP contribution in [0.4, 0.5) is 0 Å². The molecule has 120 valence electrons. The Bertz CT molecular complexity index is 373. The van der Waals surface area contributed by atoms with E-state index in [2.05, 4.69) is 6.92 Å². The van der Waals surface area contributed by atoms with E-state index in [0.717, 1.165) is 19.3 Å². The van der Waals surface area contributed by atoms with Crippen molar-refractivity contribution in [2.45, 2.75) is 65.2 Å². The molecule has 0 aromatic rings. The van der Waals surface area contributed by atoms with Crippen LogP contribution in [0.15, 0.2) is 11.6 Å². The molecule has 0 heterocycles. The number of rotatable bonds is 9. The third-order valence-electron chi connectivity index (χ3n) is 4.02. The van der Waals surface area contributed by atoms with E-state index in [1.54, 1.807) is 6.08 Å². The molecular formula is C17H28O4. The average molecular weight is 296 g/mol. The zero-order valence-electron chi connectivity index (χ0n) is 13.3. The van der Waals surface area contributed by atoms with Crippen LogP contribution in [0.3, 0.4) is 0 Å². The fraction of sp³-hybridized carbons (Fsp3) is 0.765. The first-order valence-corrected chi connectivity index (χ1v) is 8.17. The molecule has 0 fully saturated rings. The summed E-state index contributed by atoms with van der Waals surface area (Å²) < 4.78 is 5.25. The molecular weight excluding hydrogens is 268 g/mol. The summed E-state index contributed by atoms with van der Waals surface area (Å²) in [7, 11) is 0. The highest BCUT2D eigenvalue weighted by Gasteiger charge is 2.32. The van der Waals surface area contributed by atoms with Gasteiger partial charge in [0.05, 0.1) is 12.5 Å². The van der Waals surface area contributed by atoms with Crippen molar-refractivity contribution in [3.05, 3.63) is 11.6 Å². The number of carboxylic acid groups (broad SMARTS) is 1. The van der Waals surface area contributed by atoms with Crippen molar-refractivity contribution >= 4 is 11.9 Å². The van der Waals surface area contributed by atoms with Crippen LogP contribution >= 0.6 is 0 Å². The van der Waals surface area contributed by atoms with Gasteiger partial charge in [0.1, 0.15) is 0 Å². The molecule has 0 aromatic carbocycles. The van der Waals surface area contributed by atoms with Crippen LogP contribution in [-0.4, -0.2) is 23.7 Å². The first-order chi connectivity index (χ1) is 10.1. The number of esters is 1. The fourth-order valence-electron chi connectivity index (χ4n) is 2.69. The molecule has 0 amide bonds. The Hall–Kier alpha value is -1.32. The van der Waals surface area contributed by atoms with Gasteiger partial charge in [-0.2, -0.15) is 0 Å². The van der Waals surface area contributed by atoms with Crippen molar-refractivity contribution in [1.29, 1.82) is 0 Å². The Morgan fingerprint density at radius 3 is 2.52 bits per heavy atom. The van der Waals surface area contributed by atoms with Gasteiger partial charge in [-0.05, 0) is 25.2 Å². The van der Waals surface area contributed by atoms with Gasteiger partial charge in [-0.25, -0.2) is 4.79 Å². The number of unbranched alkanes of at least 4 members (excludes halogenated alkanes) is 5. The molecule has 0 saturated carbocycles. The Morgan fingerprint density at radius 1 is 1.19 bits per heavy atom. The number of hydrogen-bond donors (Lipinski definition) is 1. The molecule has 1 aliphatic rings. The number of carbonyl (C=O) groups excluding carboxylic acids is 1. The van der Waals surface area contributed by atoms with E-state index in [0.29, 0.717) is 18.6 Å². The standard InChI is InChI=1S/C17H28O4/c1-3-4-5-6-7-8-11-21-17(20)15-12-13(2)9-10-14(15)16(18)19/h12-14H,3-11H2,1-2H3,(H,18,19). The van der Waals surface area contributed by atoms with Gasteiger partial charge >= 0.3 is 11.9 Å². The van der Waals surface area contributed by atoms with Gasteiger partial charge in [0.25, 0.3) is 0 Å². The molecule has 1 N–H and O–H groups in total. The lowest BCUT2D eigenvalue weighted by Gasteiger charge is -2.23. The maximum Gasteiger partial charge on any atom is 0.334 e. The van der Waals surface area contributed by atoms with Gasteiger partial charge in [-0.3, -0.25) is 4.79 Å². The first kappa shape index (κ1) is 17.7. The number of carbonyl (C=O) groups is 2. The van der Waals surface area contributed by atoms with E-state index in [9.17, 15) is 14.7 Å². The lowest BCUT2D eigenvalue weighted by Crippen LogP contribution is -2.27. The van der Waals surface area contributed by atoms with Crippen LogP contribution in [0, 0.1) is 11.8 Å². The quantitative estimate of drug-likeness (QED) is 0.517. The van der Waals surface area contributed by atoms with Crippen LogP contribution < -0.4 is 0 Å². The predicted octanol–water partition coefficient (Wildman–Crippen LogP) is 3.95. The van der Waals surface area contributed by atoms with Crippen molar-refractivity contribution in [2.75, 3.05) is 6.61 Å². The van der Waals surface area contributed by atoms with Gasteiger partial charge in [0.15, 0.2) is 0 Å². The van der Waals surface area contributed by atoms with E-state index in [1.807, 2.05) is 6.92 Å². The number of aliphatic carboxylic acids is 1. The summed E-state index contributed by atoms with van der Waals surface area (Å²) in [6.45, 7) is 4.57. The van der Waals surface area contributed by atoms with Gasteiger partial charge in [-0.1, -0.05) is 52.0 Å². The van der Waals surface area contributed by atoms with Gasteiger partial charge < -0.3 is 9.84 Å². The first-order valence-electron chi connectivity index (χ1n) is 8.17. The Balaban J connectivity index is 2.34. The van der Waals surface area contributed by atoms with Crippen LogP contribution in [-0.2, 0) is 14.3 Å². The van der Waals surface area contributed by atoms with Crippen molar-refractivity contribution in [1.82, 2.24) is 0 Å². The van der Waals surface area contributed by atoms with Crippen LogP contribution in [0.1, 0.15) is 65.2 Å². The number of hydrogen-bond acceptors (Lipinski definition) is 3. The maximum atomic E-state index is 12.0. The molecule has 0 aromatic heterocycles. The number of ether oxygens (including phenoxy) is 1. The van der Waals surface area contributed by atoms with E-state index in [-0.39, 0.29) is 5.92 Å². The summed E-state index contributed by atoms with van der Waals surface area (Å²) in [4.78, 5) is 23.2. The second-order valence-electron chi connectivity index (χ2n) is 5.97. The summed E-state index contributed by atoms with van der Waals surface area (Å²) in [6, 6.07) is 0. The minimum absolute atomic E-state index is 0.247. The Labute approximate surface area is 127 Å². The van der Waals surface area contributed by atoms with Crippen molar-refractivity contribution in [3.63, 3.8) is 0 Å². The largest absolute Gasteiger partial charge is 0.481 e. The topological polar surface area (TPSA) is 63.6 Å². The average Bonchev–Trinajstić information content (AvgIpc) is 2.45. The molecule has 0 bridgehead atoms. The third kappa shape index (κ3) is 6.32. The summed E-state index contributed by atoms with van der Waals surface area (Å²) in [5.74, 6) is -1.82. The van der Waals surface area contributed by atoms with Crippen molar-refractivity contribution < 1.29 is 19.4 Å². The normalized spacial score (nSPS) is 21.7. The molecule has 4 nitrogen and oxygen atoms in total. The van der Waals surface area contributed by atoms with E-state index < -0.39 is 17.9 Å². The third-order valence-corrected chi connectivity index (χ3v) is 4.02. The smallest absolute Gasteiger partial charge is 0.334 e. The second kappa shape index (κ2) is 9.59. The highest BCUT2D eigenvalue weighted by molar-refractivity contribution is 5.95. The maximum absolute atomic E-state index is 12.0. The highest BCUT2D eigenvalue weighted by Crippen LogP contribution is 2.29. The molecule has 2 atom stereocenters. The lowest BCUT2D eigenvalue weighted by molar-refractivity contribution is -0.146. The van der Waals surface area contributed by atoms with E-state index in [1.165, 1.54) is 25.7 Å². The van der Waals surface area contributed by atoms with Crippen LogP contribution in [0.25, 0.3) is 0 Å². The van der Waals surface area contributed by atoms with Gasteiger partial charge in [0, 0.05) is 5.57 Å². The molecule has 2 unspecified atom stereocenters. The zero-order chi connectivity index (χ0) is 15.7. The lowest BCUT2D eigenvalue weighted by atomic mass is 9.83. The van der Waals surface area contributed by atoms with Crippen molar-refractivity contribution in [2.24, 2.45) is 11.8 Å². The molecule has 1 rings (SSSR count). The van der Waals surface area contributed by atoms with Gasteiger partial charge in [0.2, 0.25) is 0 Å².